The number of nitrogens with one attached hydrogen (secondary N) is 2. The Labute approximate surface area is 157 Å². The topological polar surface area (TPSA) is 79.2 Å². The lowest BCUT2D eigenvalue weighted by Crippen LogP contribution is -2.17. The van der Waals surface area contributed by atoms with Crippen LogP contribution in [-0.4, -0.2) is 22.0 Å². The van der Waals surface area contributed by atoms with E-state index in [0.29, 0.717) is 16.9 Å². The van der Waals surface area contributed by atoms with Crippen LogP contribution in [0.5, 0.6) is 0 Å². The Bertz CT molecular complexity index is 1070. The maximum atomic E-state index is 12.7. The molecule has 3 aromatic rings. The molecule has 0 unspecified atom stereocenters. The molecule has 0 fully saturated rings. The van der Waals surface area contributed by atoms with Gasteiger partial charge < -0.3 is 5.32 Å². The zero-order valence-electron chi connectivity index (χ0n) is 15.8. The first-order chi connectivity index (χ1) is 12.9. The molecule has 2 N–H and O–H groups in total. The van der Waals surface area contributed by atoms with Gasteiger partial charge in [0.1, 0.15) is 0 Å². The Morgan fingerprint density at radius 1 is 1.07 bits per heavy atom. The van der Waals surface area contributed by atoms with Gasteiger partial charge in [0.25, 0.3) is 5.56 Å². The number of aliphatic imine (C=N–C) groups is 1. The van der Waals surface area contributed by atoms with E-state index in [2.05, 4.69) is 15.4 Å². The highest BCUT2D eigenvalue weighted by molar-refractivity contribution is 5.98. The molecule has 0 bridgehead atoms. The monoisotopic (exact) mass is 362 g/mol. The summed E-state index contributed by atoms with van der Waals surface area (Å²) >= 11 is 0. The third-order valence-electron chi connectivity index (χ3n) is 4.57. The second-order valence-electron chi connectivity index (χ2n) is 6.56. The lowest BCUT2D eigenvalue weighted by atomic mass is 10.1. The van der Waals surface area contributed by atoms with Crippen molar-refractivity contribution < 1.29 is 4.79 Å². The van der Waals surface area contributed by atoms with E-state index in [4.69, 9.17) is 0 Å². The molecule has 2 aromatic carbocycles. The number of urea groups is 1. The minimum Gasteiger partial charge on any atom is -0.306 e. The van der Waals surface area contributed by atoms with Crippen molar-refractivity contribution in [2.45, 2.75) is 27.7 Å². The largest absolute Gasteiger partial charge is 0.345 e. The highest BCUT2D eigenvalue weighted by atomic mass is 16.2. The molecule has 0 atom stereocenters. The standard InChI is InChI=1S/C21H22N4O2/c1-13-8-10-17(11-9-13)25-20(26)18(16(4)24-25)12-22-21(27)23-19-7-5-6-14(2)15(19)3/h5-12,24H,1-4H3,(H,23,27)/b22-12+. The average molecular weight is 362 g/mol. The quantitative estimate of drug-likeness (QED) is 0.689. The van der Waals surface area contributed by atoms with Crippen LogP contribution in [0.4, 0.5) is 10.5 Å². The predicted octanol–water partition coefficient (Wildman–Crippen LogP) is 4.05. The van der Waals surface area contributed by atoms with E-state index in [1.807, 2.05) is 63.2 Å². The molecular formula is C21H22N4O2. The Kier molecular flexibility index (Phi) is 5.07. The van der Waals surface area contributed by atoms with E-state index in [9.17, 15) is 9.59 Å². The number of aromatic amines is 1. The van der Waals surface area contributed by atoms with Gasteiger partial charge in [-0.1, -0.05) is 29.8 Å². The summed E-state index contributed by atoms with van der Waals surface area (Å²) < 4.78 is 1.44. The van der Waals surface area contributed by atoms with E-state index in [1.165, 1.54) is 10.9 Å². The van der Waals surface area contributed by atoms with Gasteiger partial charge in [0, 0.05) is 17.6 Å². The van der Waals surface area contributed by atoms with Crippen molar-refractivity contribution in [2.24, 2.45) is 4.99 Å². The van der Waals surface area contributed by atoms with Crippen LogP contribution in [0.3, 0.4) is 0 Å². The number of amides is 2. The zero-order valence-corrected chi connectivity index (χ0v) is 15.8. The van der Waals surface area contributed by atoms with Gasteiger partial charge in [-0.3, -0.25) is 9.89 Å². The Hall–Kier alpha value is -3.41. The number of nitrogens with zero attached hydrogens (tertiary/aromatic N) is 2. The van der Waals surface area contributed by atoms with E-state index < -0.39 is 6.03 Å². The molecule has 1 aromatic heterocycles. The normalized spacial score (nSPS) is 11.1. The Morgan fingerprint density at radius 2 is 1.78 bits per heavy atom. The molecule has 6 heteroatoms. The van der Waals surface area contributed by atoms with Crippen molar-refractivity contribution >= 4 is 17.9 Å². The number of hydrogen-bond acceptors (Lipinski definition) is 2. The number of aryl methyl sites for hydroxylation is 3. The highest BCUT2D eigenvalue weighted by Crippen LogP contribution is 2.18. The van der Waals surface area contributed by atoms with Gasteiger partial charge in [0.05, 0.1) is 11.3 Å². The fourth-order valence-electron chi connectivity index (χ4n) is 2.74. The molecule has 0 radical (unpaired) electrons. The SMILES string of the molecule is Cc1ccc(-n2[nH]c(C)c(/C=N/C(=O)Nc3cccc(C)c3C)c2=O)cc1. The van der Waals surface area contributed by atoms with Crippen molar-refractivity contribution in [3.63, 3.8) is 0 Å². The Morgan fingerprint density at radius 3 is 2.48 bits per heavy atom. The predicted molar refractivity (Wildman–Crippen MR) is 108 cm³/mol. The van der Waals surface area contributed by atoms with Gasteiger partial charge in [-0.05, 0) is 57.0 Å². The summed E-state index contributed by atoms with van der Waals surface area (Å²) in [6, 6.07) is 12.7. The number of H-pyrrole nitrogens is 1. The molecule has 6 nitrogen and oxygen atoms in total. The molecule has 0 aliphatic heterocycles. The summed E-state index contributed by atoms with van der Waals surface area (Å²) in [6.45, 7) is 7.67. The summed E-state index contributed by atoms with van der Waals surface area (Å²) in [5.41, 5.74) is 5.36. The van der Waals surface area contributed by atoms with Crippen LogP contribution < -0.4 is 10.9 Å². The number of aromatic nitrogens is 2. The van der Waals surface area contributed by atoms with Crippen LogP contribution in [0.25, 0.3) is 5.69 Å². The molecule has 1 heterocycles. The fourth-order valence-corrected chi connectivity index (χ4v) is 2.74. The summed E-state index contributed by atoms with van der Waals surface area (Å²) in [6.07, 6.45) is 1.30. The highest BCUT2D eigenvalue weighted by Gasteiger charge is 2.11. The number of hydrogen-bond donors (Lipinski definition) is 2. The van der Waals surface area contributed by atoms with Crippen LogP contribution in [0, 0.1) is 27.7 Å². The lowest BCUT2D eigenvalue weighted by molar-refractivity contribution is 0.259. The first-order valence-corrected chi connectivity index (χ1v) is 8.66. The maximum Gasteiger partial charge on any atom is 0.345 e. The molecule has 3 rings (SSSR count). The second-order valence-corrected chi connectivity index (χ2v) is 6.56. The molecule has 0 spiro atoms. The molecule has 27 heavy (non-hydrogen) atoms. The molecule has 0 saturated carbocycles. The van der Waals surface area contributed by atoms with Crippen molar-refractivity contribution in [3.05, 3.63) is 80.8 Å². The number of rotatable bonds is 3. The molecule has 0 saturated heterocycles. The number of anilines is 1. The third kappa shape index (κ3) is 3.89. The smallest absolute Gasteiger partial charge is 0.306 e. The van der Waals surface area contributed by atoms with E-state index in [-0.39, 0.29) is 5.56 Å². The lowest BCUT2D eigenvalue weighted by Gasteiger charge is -2.07. The molecule has 2 amide bonds. The van der Waals surface area contributed by atoms with Gasteiger partial charge in [-0.2, -0.15) is 0 Å². The fraction of sp³-hybridized carbons (Fsp3) is 0.190. The van der Waals surface area contributed by atoms with Crippen LogP contribution in [0.15, 0.2) is 52.3 Å². The van der Waals surface area contributed by atoms with Crippen molar-refractivity contribution in [2.75, 3.05) is 5.32 Å². The van der Waals surface area contributed by atoms with Crippen LogP contribution in [-0.2, 0) is 0 Å². The zero-order chi connectivity index (χ0) is 19.6. The van der Waals surface area contributed by atoms with Crippen LogP contribution in [0.1, 0.15) is 27.9 Å². The first-order valence-electron chi connectivity index (χ1n) is 8.66. The minimum atomic E-state index is -0.523. The van der Waals surface area contributed by atoms with Gasteiger partial charge in [-0.15, -0.1) is 0 Å². The first kappa shape index (κ1) is 18.4. The summed E-state index contributed by atoms with van der Waals surface area (Å²) in [4.78, 5) is 28.7. The number of benzene rings is 2. The molecule has 0 aliphatic rings. The average Bonchev–Trinajstić information content (AvgIpc) is 2.92. The third-order valence-corrected chi connectivity index (χ3v) is 4.57. The molecular weight excluding hydrogens is 340 g/mol. The van der Waals surface area contributed by atoms with E-state index in [0.717, 1.165) is 22.4 Å². The van der Waals surface area contributed by atoms with Gasteiger partial charge in [-0.25, -0.2) is 14.5 Å². The molecule has 0 aliphatic carbocycles. The van der Waals surface area contributed by atoms with E-state index in [1.54, 1.807) is 6.92 Å². The summed E-state index contributed by atoms with van der Waals surface area (Å²) in [7, 11) is 0. The van der Waals surface area contributed by atoms with E-state index >= 15 is 0 Å². The molecule has 138 valence electrons. The van der Waals surface area contributed by atoms with Gasteiger partial charge in [0.15, 0.2) is 0 Å². The number of carbonyl (C=O) groups is 1. The van der Waals surface area contributed by atoms with Crippen molar-refractivity contribution in [1.82, 2.24) is 9.78 Å². The van der Waals surface area contributed by atoms with Gasteiger partial charge in [0.2, 0.25) is 0 Å². The van der Waals surface area contributed by atoms with Crippen LogP contribution >= 0.6 is 0 Å². The summed E-state index contributed by atoms with van der Waals surface area (Å²) in [5.74, 6) is 0. The van der Waals surface area contributed by atoms with Crippen molar-refractivity contribution in [1.29, 1.82) is 0 Å². The maximum absolute atomic E-state index is 12.7. The van der Waals surface area contributed by atoms with Gasteiger partial charge >= 0.3 is 6.03 Å². The number of carbonyl (C=O) groups excluding carboxylic acids is 1. The van der Waals surface area contributed by atoms with Crippen LogP contribution in [0.2, 0.25) is 0 Å². The summed E-state index contributed by atoms with van der Waals surface area (Å²) in [5, 5.41) is 5.77. The minimum absolute atomic E-state index is 0.250. The van der Waals surface area contributed by atoms with Crippen molar-refractivity contribution in [3.8, 4) is 5.69 Å². The Balaban J connectivity index is 1.83. The second kappa shape index (κ2) is 7.45.